The van der Waals surface area contributed by atoms with Gasteiger partial charge >= 0.3 is 0 Å². The normalized spacial score (nSPS) is 35.6. The first kappa shape index (κ1) is 40.6. The zero-order chi connectivity index (χ0) is 46.8. The zero-order valence-corrected chi connectivity index (χ0v) is 40.6. The number of nitrogens with one attached hydrogen (secondary N) is 4. The van der Waals surface area contributed by atoms with Crippen LogP contribution in [-0.2, 0) is 0 Å². The van der Waals surface area contributed by atoms with Crippen LogP contribution in [-0.4, -0.2) is 26.4 Å². The minimum atomic E-state index is 0.226. The third-order valence-electron chi connectivity index (χ3n) is 19.3. The van der Waals surface area contributed by atoms with Crippen LogP contribution in [0.4, 0.5) is 0 Å². The Kier molecular flexibility index (Phi) is 8.60. The molecule has 3 aromatic carbocycles. The molecule has 3 fully saturated rings. The summed E-state index contributed by atoms with van der Waals surface area (Å²) in [5.41, 5.74) is 20.4. The van der Waals surface area contributed by atoms with Crippen LogP contribution in [0.25, 0.3) is 55.1 Å². The van der Waals surface area contributed by atoms with Crippen LogP contribution in [0, 0.1) is 59.2 Å². The molecular formula is C64H60N8+2. The molecule has 10 atom stereocenters. The number of aromatic amines is 3. The van der Waals surface area contributed by atoms with E-state index in [-0.39, 0.29) is 17.8 Å². The Morgan fingerprint density at radius 3 is 1.08 bits per heavy atom. The fourth-order valence-electron chi connectivity index (χ4n) is 15.6. The molecule has 5 aliphatic carbocycles. The first-order chi connectivity index (χ1) is 35.6. The Labute approximate surface area is 419 Å². The van der Waals surface area contributed by atoms with Gasteiger partial charge in [-0.2, -0.15) is 0 Å². The largest absolute Gasteiger partial charge is 0.355 e. The van der Waals surface area contributed by atoms with Crippen molar-refractivity contribution < 1.29 is 10.6 Å². The van der Waals surface area contributed by atoms with Crippen molar-refractivity contribution in [1.82, 2.24) is 20.3 Å². The van der Waals surface area contributed by atoms with Crippen molar-refractivity contribution in [2.45, 2.75) is 64.2 Å². The number of aromatic nitrogens is 3. The Morgan fingerprint density at radius 1 is 0.306 bits per heavy atom. The van der Waals surface area contributed by atoms with Crippen LogP contribution >= 0.6 is 0 Å². The highest BCUT2D eigenvalue weighted by Crippen LogP contribution is 2.49. The van der Waals surface area contributed by atoms with Crippen molar-refractivity contribution >= 4 is 43.7 Å². The van der Waals surface area contributed by atoms with Crippen molar-refractivity contribution in [3.05, 3.63) is 191 Å². The summed E-state index contributed by atoms with van der Waals surface area (Å²) in [6.07, 6.45) is 36.8. The lowest BCUT2D eigenvalue weighted by atomic mass is 9.82. The number of rotatable bonds is 4. The number of hydrogen-bond donors (Lipinski definition) is 6. The molecule has 8 heteroatoms. The molecule has 0 radical (unpaired) electrons. The molecule has 3 saturated heterocycles. The molecule has 21 rings (SSSR count). The van der Waals surface area contributed by atoms with Crippen LogP contribution in [0.1, 0.15) is 75.6 Å². The van der Waals surface area contributed by atoms with E-state index in [1.807, 2.05) is 0 Å². The van der Waals surface area contributed by atoms with Gasteiger partial charge in [-0.3, -0.25) is 15.6 Å². The Hall–Kier alpha value is -7.00. The second-order valence-electron chi connectivity index (χ2n) is 23.0. The van der Waals surface area contributed by atoms with Gasteiger partial charge in [0, 0.05) is 73.5 Å². The van der Waals surface area contributed by atoms with Gasteiger partial charge in [0.05, 0.1) is 80.7 Å². The SMILES string of the molecule is C1=CC2CCC1C1c3[nH]c(-c4[nH]c(-c5[nH]c(C6=N/C(=C7\NC(=C8[NH2+]C(=C9[NH2+]C(=C2N=1)C1C=CC9CC1)C1C=CC8CC1)C1C=CC7CC1)C1C=CC6CC1)c1ccccc51)c1ccccc41)c1ccccc31. The lowest BCUT2D eigenvalue weighted by Gasteiger charge is -2.24. The van der Waals surface area contributed by atoms with Crippen LogP contribution in [0.2, 0.25) is 0 Å². The first-order valence-electron chi connectivity index (χ1n) is 27.5. The number of benzene rings is 3. The van der Waals surface area contributed by atoms with Gasteiger partial charge < -0.3 is 20.3 Å². The summed E-state index contributed by atoms with van der Waals surface area (Å²) >= 11 is 0. The van der Waals surface area contributed by atoms with E-state index in [9.17, 15) is 0 Å². The summed E-state index contributed by atoms with van der Waals surface area (Å²) in [5, 5.41) is 17.1. The molecule has 6 aromatic rings. The number of nitrogens with two attached hydrogens (primary N) is 2. The summed E-state index contributed by atoms with van der Waals surface area (Å²) in [7, 11) is 0. The van der Waals surface area contributed by atoms with Gasteiger partial charge in [-0.1, -0.05) is 134 Å². The number of hydrogen-bond acceptors (Lipinski definition) is 3. The molecule has 8 nitrogen and oxygen atoms in total. The summed E-state index contributed by atoms with van der Waals surface area (Å²) in [6, 6.07) is 27.0. The standard InChI is InChI=1S/C64H58N8/c1-3-9-45-43(7-1)59-57-41-29-25-39(26-30-41)55(68-57)53-37-21-17-35(18-22-37)51(66-53)49-33-13-15-34(16-14-33)50(65-49)52-36-19-23-38(24-20-36)54(67-52)56-40-27-31-42(32-28-40)58(69-56)60-44-8-2-4-10-46(44)62(71-60)64-48-12-6-5-11-47(48)63(72-64)61(45)70-59/h1-13,15,17,19,21,23,25,27,29,31,33-42,65-67,70-72H,14,16,18,20,22,24,26,28,30,32H2/p+2/b51-49?,52-50?,55-53-,56-54?. The third-order valence-corrected chi connectivity index (χ3v) is 19.3. The van der Waals surface area contributed by atoms with E-state index in [2.05, 4.69) is 164 Å². The smallest absolute Gasteiger partial charge is 0.175 e. The van der Waals surface area contributed by atoms with Crippen molar-refractivity contribution in [2.24, 2.45) is 69.2 Å². The number of aliphatic imine (C=N–C) groups is 2. The molecular weight excluding hydrogens is 881 g/mol. The van der Waals surface area contributed by atoms with Crippen molar-refractivity contribution in [2.75, 3.05) is 0 Å². The molecule has 354 valence electrons. The van der Waals surface area contributed by atoms with Crippen LogP contribution in [0.5, 0.6) is 0 Å². The van der Waals surface area contributed by atoms with Gasteiger partial charge in [-0.25, -0.2) is 4.99 Å². The van der Waals surface area contributed by atoms with Gasteiger partial charge in [-0.05, 0) is 64.2 Å². The average Bonchev–Trinajstić information content (AvgIpc) is 3.65. The molecule has 0 spiro atoms. The maximum atomic E-state index is 6.04. The molecule has 10 unspecified atom stereocenters. The van der Waals surface area contributed by atoms with E-state index in [1.165, 1.54) is 97.2 Å². The van der Waals surface area contributed by atoms with Gasteiger partial charge in [-0.15, -0.1) is 0 Å². The molecule has 0 amide bonds. The quantitative estimate of drug-likeness (QED) is 0.0971. The minimum Gasteiger partial charge on any atom is -0.355 e. The molecule has 0 saturated carbocycles. The van der Waals surface area contributed by atoms with Gasteiger partial charge in [0.2, 0.25) is 0 Å². The molecule has 8 N–H and O–H groups in total. The average molecular weight is 941 g/mol. The van der Waals surface area contributed by atoms with E-state index < -0.39 is 0 Å². The molecule has 3 aromatic heterocycles. The maximum absolute atomic E-state index is 6.04. The first-order valence-corrected chi connectivity index (χ1v) is 27.5. The topological polar surface area (TPSA) is 117 Å². The monoisotopic (exact) mass is 940 g/mol. The number of nitrogens with zero attached hydrogens (tertiary/aromatic N) is 2. The number of allylic oxidation sites excluding steroid dienone is 10. The highest BCUT2D eigenvalue weighted by molar-refractivity contribution is 6.20. The number of H-pyrrole nitrogens is 3. The highest BCUT2D eigenvalue weighted by Gasteiger charge is 2.46. The Morgan fingerprint density at radius 2 is 0.625 bits per heavy atom. The highest BCUT2D eigenvalue weighted by atomic mass is 15.1. The Balaban J connectivity index is 0.974. The maximum Gasteiger partial charge on any atom is 0.175 e. The number of quaternary nitrogens is 2. The van der Waals surface area contributed by atoms with Gasteiger partial charge in [0.15, 0.2) is 11.4 Å². The lowest BCUT2D eigenvalue weighted by Crippen LogP contribution is -2.89. The summed E-state index contributed by atoms with van der Waals surface area (Å²) in [4.78, 5) is 24.5. The van der Waals surface area contributed by atoms with Crippen molar-refractivity contribution in [1.29, 1.82) is 0 Å². The van der Waals surface area contributed by atoms with E-state index in [4.69, 9.17) is 9.98 Å². The van der Waals surface area contributed by atoms with Gasteiger partial charge in [0.25, 0.3) is 0 Å². The van der Waals surface area contributed by atoms with E-state index in [0.29, 0.717) is 41.4 Å². The van der Waals surface area contributed by atoms with Crippen LogP contribution in [0.15, 0.2) is 189 Å². The lowest BCUT2D eigenvalue weighted by molar-refractivity contribution is -0.609. The van der Waals surface area contributed by atoms with Crippen molar-refractivity contribution in [3.8, 4) is 22.8 Å². The molecule has 72 heavy (non-hydrogen) atoms. The summed E-state index contributed by atoms with van der Waals surface area (Å²) < 4.78 is 0. The Bertz CT molecular complexity index is 3520. The van der Waals surface area contributed by atoms with Crippen molar-refractivity contribution in [3.63, 3.8) is 0 Å². The number of fused-ring (bicyclic) bond motifs is 16. The van der Waals surface area contributed by atoms with E-state index >= 15 is 0 Å². The molecule has 15 aliphatic rings. The molecule has 10 aliphatic heterocycles. The van der Waals surface area contributed by atoms with Crippen LogP contribution < -0.4 is 16.0 Å². The second kappa shape index (κ2) is 15.3. The van der Waals surface area contributed by atoms with E-state index in [0.717, 1.165) is 84.8 Å². The fraction of sp³-hybridized carbons (Fsp3) is 0.312. The summed E-state index contributed by atoms with van der Waals surface area (Å²) in [6.45, 7) is 0. The molecule has 10 bridgehead atoms. The summed E-state index contributed by atoms with van der Waals surface area (Å²) in [5.74, 6) is 3.24. The second-order valence-corrected chi connectivity index (χ2v) is 23.0. The predicted octanol–water partition coefficient (Wildman–Crippen LogP) is 11.6. The van der Waals surface area contributed by atoms with E-state index in [1.54, 1.807) is 5.70 Å². The minimum absolute atomic E-state index is 0.226. The zero-order valence-electron chi connectivity index (χ0n) is 40.6. The molecule has 13 heterocycles. The third kappa shape index (κ3) is 5.82. The fourth-order valence-corrected chi connectivity index (χ4v) is 15.6. The van der Waals surface area contributed by atoms with Gasteiger partial charge in [0.1, 0.15) is 17.1 Å². The van der Waals surface area contributed by atoms with Crippen LogP contribution in [0.3, 0.4) is 0 Å². The predicted molar refractivity (Wildman–Crippen MR) is 288 cm³/mol.